The van der Waals surface area contributed by atoms with Crippen molar-refractivity contribution in [1.82, 2.24) is 9.62 Å². The third-order valence-electron chi connectivity index (χ3n) is 7.97. The quantitative estimate of drug-likeness (QED) is 0.338. The second-order valence-corrected chi connectivity index (χ2v) is 15.0. The van der Waals surface area contributed by atoms with Gasteiger partial charge >= 0.3 is 0 Å². The maximum absolute atomic E-state index is 13.3. The van der Waals surface area contributed by atoms with Gasteiger partial charge in [-0.05, 0) is 74.1 Å². The van der Waals surface area contributed by atoms with E-state index in [1.807, 2.05) is 0 Å². The molecule has 3 aliphatic heterocycles. The Kier molecular flexibility index (Phi) is 9.24. The minimum absolute atomic E-state index is 0.0143. The number of nitrogens with one attached hydrogen (secondary N) is 1. The van der Waals surface area contributed by atoms with Crippen LogP contribution in [0.5, 0.6) is 11.5 Å². The molecule has 2 saturated heterocycles. The molecule has 11 nitrogen and oxygen atoms in total. The van der Waals surface area contributed by atoms with Crippen molar-refractivity contribution in [3.63, 3.8) is 0 Å². The Labute approximate surface area is 241 Å². The number of piperidine rings is 1. The summed E-state index contributed by atoms with van der Waals surface area (Å²) in [6.07, 6.45) is 2.77. The number of sulfonamides is 1. The number of aliphatic hydroxyl groups is 2. The van der Waals surface area contributed by atoms with Crippen molar-refractivity contribution in [1.29, 1.82) is 0 Å². The van der Waals surface area contributed by atoms with Gasteiger partial charge in [0, 0.05) is 25.7 Å². The average Bonchev–Trinajstić information content (AvgIpc) is 3.37. The van der Waals surface area contributed by atoms with E-state index in [4.69, 9.17) is 19.3 Å². The van der Waals surface area contributed by atoms with Crippen LogP contribution in [0.3, 0.4) is 0 Å². The molecular formula is C28H38N2O9S2. The molecule has 0 radical (unpaired) electrons. The first kappa shape index (κ1) is 30.2. The van der Waals surface area contributed by atoms with Crippen LogP contribution in [0.4, 0.5) is 0 Å². The van der Waals surface area contributed by atoms with Crippen molar-refractivity contribution in [2.24, 2.45) is 0 Å². The molecule has 3 heterocycles. The molecule has 13 heteroatoms. The lowest BCUT2D eigenvalue weighted by Gasteiger charge is -2.38. The molecule has 0 aromatic heterocycles. The Bertz CT molecular complexity index is 1420. The van der Waals surface area contributed by atoms with E-state index in [1.165, 1.54) is 12.1 Å². The highest BCUT2D eigenvalue weighted by molar-refractivity contribution is 7.91. The van der Waals surface area contributed by atoms with Crippen LogP contribution in [-0.2, 0) is 31.0 Å². The maximum Gasteiger partial charge on any atom is 0.243 e. The molecule has 2 fully saturated rings. The molecule has 0 bridgehead atoms. The zero-order valence-corrected chi connectivity index (χ0v) is 24.5. The highest BCUT2D eigenvalue weighted by atomic mass is 32.2. The number of hydrogen-bond donors (Lipinski definition) is 3. The maximum atomic E-state index is 13.3. The third-order valence-corrected chi connectivity index (χ3v) is 11.6. The number of fused-ring (bicyclic) bond motifs is 1. The van der Waals surface area contributed by atoms with Crippen molar-refractivity contribution in [2.45, 2.75) is 59.6 Å². The molecule has 0 amide bonds. The van der Waals surface area contributed by atoms with E-state index in [-0.39, 0.29) is 29.8 Å². The van der Waals surface area contributed by atoms with Crippen LogP contribution < -0.4 is 14.8 Å². The summed E-state index contributed by atoms with van der Waals surface area (Å²) in [7, 11) is -7.20. The number of hydrogen-bond acceptors (Lipinski definition) is 10. The Hall–Kier alpha value is -2.26. The summed E-state index contributed by atoms with van der Waals surface area (Å²) < 4.78 is 69.9. The van der Waals surface area contributed by atoms with Gasteiger partial charge < -0.3 is 29.7 Å². The van der Waals surface area contributed by atoms with Gasteiger partial charge in [-0.2, -0.15) is 4.31 Å². The molecule has 2 atom stereocenters. The molecule has 1 unspecified atom stereocenters. The van der Waals surface area contributed by atoms with Gasteiger partial charge in [-0.25, -0.2) is 16.8 Å². The number of rotatable bonds is 11. The van der Waals surface area contributed by atoms with E-state index in [1.54, 1.807) is 34.6 Å². The largest absolute Gasteiger partial charge is 0.493 e. The van der Waals surface area contributed by atoms with Crippen molar-refractivity contribution in [2.75, 3.05) is 51.8 Å². The Morgan fingerprint density at radius 3 is 2.68 bits per heavy atom. The molecule has 2 aromatic rings. The SMILES string of the molecule is O=S(=O)(CCO)c1cccc(OCC(O)CN[C@H]2COC3(CCN(S(=O)(=O)c4ccc5c(c4)CCCO5)CC3)C2)c1. The van der Waals surface area contributed by atoms with Crippen molar-refractivity contribution in [3.8, 4) is 11.5 Å². The molecule has 41 heavy (non-hydrogen) atoms. The topological polar surface area (TPSA) is 152 Å². The van der Waals surface area contributed by atoms with Crippen LogP contribution in [0.1, 0.15) is 31.2 Å². The number of aliphatic hydroxyl groups excluding tert-OH is 2. The standard InChI is InChI=1S/C28H38N2O9S2/c31-12-14-40(33,34)25-5-1-4-24(16-25)38-20-23(32)18-29-22-17-28(39-19-22)8-10-30(11-9-28)41(35,36)26-6-7-27-21(15-26)3-2-13-37-27/h1,4-7,15-16,22-23,29,31-32H,2-3,8-14,17-20H2/t22-,23?/m1/s1. The fourth-order valence-electron chi connectivity index (χ4n) is 5.65. The Morgan fingerprint density at radius 1 is 1.10 bits per heavy atom. The molecule has 0 saturated carbocycles. The van der Waals surface area contributed by atoms with Crippen LogP contribution in [0.25, 0.3) is 0 Å². The van der Waals surface area contributed by atoms with Crippen LogP contribution in [0.15, 0.2) is 52.3 Å². The normalized spacial score (nSPS) is 21.8. The molecule has 0 aliphatic carbocycles. The van der Waals surface area contributed by atoms with Gasteiger partial charge in [-0.1, -0.05) is 6.07 Å². The summed E-state index contributed by atoms with van der Waals surface area (Å²) >= 11 is 0. The Balaban J connectivity index is 1.08. The molecule has 3 aliphatic rings. The first-order chi connectivity index (χ1) is 19.6. The lowest BCUT2D eigenvalue weighted by molar-refractivity contribution is -0.0312. The van der Waals surface area contributed by atoms with E-state index < -0.39 is 38.2 Å². The minimum atomic E-state index is -3.60. The lowest BCUT2D eigenvalue weighted by atomic mass is 9.88. The summed E-state index contributed by atoms with van der Waals surface area (Å²) in [6, 6.07) is 11.1. The molecular weight excluding hydrogens is 572 g/mol. The van der Waals surface area contributed by atoms with E-state index in [0.29, 0.717) is 49.8 Å². The number of benzene rings is 2. The van der Waals surface area contributed by atoms with Gasteiger partial charge in [-0.15, -0.1) is 0 Å². The van der Waals surface area contributed by atoms with Crippen LogP contribution in [-0.4, -0.2) is 101 Å². The summed E-state index contributed by atoms with van der Waals surface area (Å²) in [5.74, 6) is 0.713. The summed E-state index contributed by atoms with van der Waals surface area (Å²) in [5, 5.41) is 22.7. The lowest BCUT2D eigenvalue weighted by Crippen LogP contribution is -2.47. The number of aryl methyl sites for hydroxylation is 1. The first-order valence-corrected chi connectivity index (χ1v) is 17.1. The van der Waals surface area contributed by atoms with Crippen molar-refractivity contribution < 1.29 is 41.3 Å². The number of nitrogens with zero attached hydrogens (tertiary/aromatic N) is 1. The summed E-state index contributed by atoms with van der Waals surface area (Å²) in [4.78, 5) is 0.362. The Morgan fingerprint density at radius 2 is 1.90 bits per heavy atom. The fraction of sp³-hybridized carbons (Fsp3) is 0.571. The van der Waals surface area contributed by atoms with Crippen molar-refractivity contribution in [3.05, 3.63) is 48.0 Å². The monoisotopic (exact) mass is 610 g/mol. The average molecular weight is 611 g/mol. The first-order valence-electron chi connectivity index (χ1n) is 14.0. The van der Waals surface area contributed by atoms with Gasteiger partial charge in [0.15, 0.2) is 9.84 Å². The minimum Gasteiger partial charge on any atom is -0.493 e. The molecule has 5 rings (SSSR count). The van der Waals surface area contributed by atoms with E-state index in [2.05, 4.69) is 5.32 Å². The molecule has 226 valence electrons. The summed E-state index contributed by atoms with van der Waals surface area (Å²) in [5.41, 5.74) is 0.543. The third kappa shape index (κ3) is 7.04. The van der Waals surface area contributed by atoms with Crippen molar-refractivity contribution >= 4 is 19.9 Å². The van der Waals surface area contributed by atoms with E-state index in [9.17, 15) is 21.9 Å². The second kappa shape index (κ2) is 12.5. The van der Waals surface area contributed by atoms with Gasteiger partial charge in [0.25, 0.3) is 0 Å². The highest BCUT2D eigenvalue weighted by Crippen LogP contribution is 2.38. The fourth-order valence-corrected chi connectivity index (χ4v) is 8.20. The van der Waals surface area contributed by atoms with Gasteiger partial charge in [0.05, 0.1) is 41.0 Å². The zero-order valence-electron chi connectivity index (χ0n) is 22.9. The molecule has 2 aromatic carbocycles. The smallest absolute Gasteiger partial charge is 0.243 e. The number of ether oxygens (including phenoxy) is 3. The van der Waals surface area contributed by atoms with Crippen LogP contribution in [0, 0.1) is 0 Å². The zero-order chi connectivity index (χ0) is 29.1. The predicted octanol–water partition coefficient (Wildman–Crippen LogP) is 1.12. The summed E-state index contributed by atoms with van der Waals surface area (Å²) in [6.45, 7) is 1.65. The van der Waals surface area contributed by atoms with Crippen LogP contribution in [0.2, 0.25) is 0 Å². The van der Waals surface area contributed by atoms with Gasteiger partial charge in [0.1, 0.15) is 24.2 Å². The van der Waals surface area contributed by atoms with Gasteiger partial charge in [0.2, 0.25) is 10.0 Å². The molecule has 3 N–H and O–H groups in total. The number of sulfone groups is 1. The van der Waals surface area contributed by atoms with E-state index in [0.717, 1.165) is 30.6 Å². The molecule has 1 spiro atoms. The second-order valence-electron chi connectivity index (χ2n) is 10.9. The van der Waals surface area contributed by atoms with E-state index >= 15 is 0 Å². The van der Waals surface area contributed by atoms with Gasteiger partial charge in [-0.3, -0.25) is 0 Å². The highest BCUT2D eigenvalue weighted by Gasteiger charge is 2.44. The predicted molar refractivity (Wildman–Crippen MR) is 150 cm³/mol. The van der Waals surface area contributed by atoms with Crippen LogP contribution >= 0.6 is 0 Å².